The zero-order valence-corrected chi connectivity index (χ0v) is 19.4. The normalized spacial score (nSPS) is 14.1. The van der Waals surface area contributed by atoms with Gasteiger partial charge in [0.2, 0.25) is 5.43 Å². The fourth-order valence-corrected chi connectivity index (χ4v) is 4.61. The Kier molecular flexibility index (Phi) is 5.84. The van der Waals surface area contributed by atoms with Crippen LogP contribution >= 0.6 is 0 Å². The summed E-state index contributed by atoms with van der Waals surface area (Å²) in [5.74, 6) is -1.46. The predicted octanol–water partition coefficient (Wildman–Crippen LogP) is 3.87. The molecule has 0 atom stereocenters. The third-order valence-electron chi connectivity index (χ3n) is 6.40. The van der Waals surface area contributed by atoms with Gasteiger partial charge in [0.05, 0.1) is 34.9 Å². The van der Waals surface area contributed by atoms with Gasteiger partial charge in [-0.05, 0) is 43.3 Å². The number of halogens is 2. The van der Waals surface area contributed by atoms with Crippen LogP contribution in [-0.4, -0.2) is 48.3 Å². The molecule has 5 rings (SSSR count). The van der Waals surface area contributed by atoms with Crippen molar-refractivity contribution in [1.29, 1.82) is 0 Å². The molecule has 1 aliphatic heterocycles. The van der Waals surface area contributed by atoms with Crippen LogP contribution in [0.2, 0.25) is 0 Å². The maximum Gasteiger partial charge on any atom is 0.343 e. The molecule has 0 aliphatic carbocycles. The fourth-order valence-electron chi connectivity index (χ4n) is 4.61. The summed E-state index contributed by atoms with van der Waals surface area (Å²) in [5, 5.41) is 0.579. The van der Waals surface area contributed by atoms with Crippen molar-refractivity contribution in [2.24, 2.45) is 7.05 Å². The fraction of sp³-hybridized carbons (Fsp3) is 0.269. The van der Waals surface area contributed by atoms with Crippen molar-refractivity contribution in [3.8, 4) is 0 Å². The van der Waals surface area contributed by atoms with E-state index in [-0.39, 0.29) is 23.4 Å². The van der Waals surface area contributed by atoms with E-state index in [9.17, 15) is 14.0 Å². The summed E-state index contributed by atoms with van der Waals surface area (Å²) >= 11 is 0. The number of ether oxygens (including phenoxy) is 1. The highest BCUT2D eigenvalue weighted by molar-refractivity contribution is 6.07. The van der Waals surface area contributed by atoms with Crippen LogP contribution in [0, 0.1) is 11.6 Å². The van der Waals surface area contributed by atoms with E-state index in [1.807, 2.05) is 4.90 Å². The lowest BCUT2D eigenvalue weighted by atomic mass is 10.1. The molecule has 3 heterocycles. The molecular formula is C26H24F2N4O3. The van der Waals surface area contributed by atoms with E-state index < -0.39 is 17.2 Å². The van der Waals surface area contributed by atoms with E-state index in [4.69, 9.17) is 4.74 Å². The molecule has 9 heteroatoms. The number of carbonyl (C=O) groups is 1. The maximum atomic E-state index is 15.4. The molecule has 4 aromatic rings. The van der Waals surface area contributed by atoms with Crippen molar-refractivity contribution < 1.29 is 18.3 Å². The van der Waals surface area contributed by atoms with Crippen LogP contribution in [0.1, 0.15) is 17.3 Å². The number of pyridine rings is 2. The number of hydrogen-bond donors (Lipinski definition) is 0. The quantitative estimate of drug-likeness (QED) is 0.328. The molecular weight excluding hydrogens is 454 g/mol. The average molecular weight is 478 g/mol. The summed E-state index contributed by atoms with van der Waals surface area (Å²) in [4.78, 5) is 34.1. The van der Waals surface area contributed by atoms with Crippen LogP contribution in [0.5, 0.6) is 0 Å². The number of anilines is 2. The summed E-state index contributed by atoms with van der Waals surface area (Å²) in [5.41, 5.74) is 1.68. The van der Waals surface area contributed by atoms with Gasteiger partial charge in [-0.15, -0.1) is 0 Å². The third kappa shape index (κ3) is 4.07. The van der Waals surface area contributed by atoms with E-state index >= 15 is 4.39 Å². The lowest BCUT2D eigenvalue weighted by Gasteiger charge is -2.37. The number of esters is 1. The second kappa shape index (κ2) is 8.98. The van der Waals surface area contributed by atoms with Crippen LogP contribution in [0.15, 0.2) is 53.6 Å². The lowest BCUT2D eigenvalue weighted by molar-refractivity contribution is 0.0524. The second-order valence-electron chi connectivity index (χ2n) is 8.49. The minimum Gasteiger partial charge on any atom is -0.462 e. The summed E-state index contributed by atoms with van der Waals surface area (Å²) in [6, 6.07) is 9.30. The van der Waals surface area contributed by atoms with Crippen molar-refractivity contribution in [1.82, 2.24) is 9.55 Å². The highest BCUT2D eigenvalue weighted by Crippen LogP contribution is 2.30. The minimum atomic E-state index is -0.712. The van der Waals surface area contributed by atoms with Gasteiger partial charge in [0.15, 0.2) is 0 Å². The first-order valence-corrected chi connectivity index (χ1v) is 11.4. The summed E-state index contributed by atoms with van der Waals surface area (Å²) < 4.78 is 35.3. The number of aromatic nitrogens is 2. The molecule has 1 fully saturated rings. The Morgan fingerprint density at radius 3 is 2.43 bits per heavy atom. The summed E-state index contributed by atoms with van der Waals surface area (Å²) in [6.07, 6.45) is 2.98. The highest BCUT2D eigenvalue weighted by atomic mass is 19.1. The first kappa shape index (κ1) is 22.8. The number of hydrogen-bond acceptors (Lipinski definition) is 6. The minimum absolute atomic E-state index is 0.101. The van der Waals surface area contributed by atoms with Crippen LogP contribution in [0.3, 0.4) is 0 Å². The van der Waals surface area contributed by atoms with Gasteiger partial charge in [0, 0.05) is 50.5 Å². The molecule has 0 N–H and O–H groups in total. The summed E-state index contributed by atoms with van der Waals surface area (Å²) in [6.45, 7) is 4.25. The maximum absolute atomic E-state index is 15.4. The van der Waals surface area contributed by atoms with E-state index in [2.05, 4.69) is 9.88 Å². The average Bonchev–Trinajstić information content (AvgIpc) is 2.86. The Bertz CT molecular complexity index is 1490. The topological polar surface area (TPSA) is 67.7 Å². The number of fused-ring (bicyclic) bond motifs is 3. The number of piperazine rings is 1. The zero-order chi connectivity index (χ0) is 24.7. The first-order valence-electron chi connectivity index (χ1n) is 11.4. The Hall–Kier alpha value is -4.01. The Balaban J connectivity index is 1.51. The van der Waals surface area contributed by atoms with E-state index in [0.717, 1.165) is 5.69 Å². The smallest absolute Gasteiger partial charge is 0.343 e. The lowest BCUT2D eigenvalue weighted by Crippen LogP contribution is -2.46. The molecule has 2 aromatic heterocycles. The summed E-state index contributed by atoms with van der Waals surface area (Å²) in [7, 11) is 1.70. The van der Waals surface area contributed by atoms with Crippen molar-refractivity contribution in [2.75, 3.05) is 42.6 Å². The van der Waals surface area contributed by atoms with Gasteiger partial charge in [0.25, 0.3) is 0 Å². The molecule has 0 bridgehead atoms. The van der Waals surface area contributed by atoms with Crippen LogP contribution < -0.4 is 15.2 Å². The highest BCUT2D eigenvalue weighted by Gasteiger charge is 2.23. The zero-order valence-electron chi connectivity index (χ0n) is 19.4. The van der Waals surface area contributed by atoms with E-state index in [1.165, 1.54) is 24.4 Å². The third-order valence-corrected chi connectivity index (χ3v) is 6.40. The van der Waals surface area contributed by atoms with Gasteiger partial charge < -0.3 is 19.1 Å². The molecule has 0 radical (unpaired) electrons. The van der Waals surface area contributed by atoms with Crippen molar-refractivity contribution >= 4 is 39.1 Å². The number of carbonyl (C=O) groups excluding carboxylic acids is 1. The SMILES string of the molecule is CCOC(=O)c1cn(C)c2cnc3cc(N4CCN(c5ccc(F)cc5)CC4)c(F)cc3c2c1=O. The molecule has 0 unspecified atom stereocenters. The standard InChI is InChI=1S/C26H24F2N4O3/c1-3-35-26(34)19-15-30(2)23-14-29-21-13-22(20(28)12-18(21)24(23)25(19)33)32-10-8-31(9-11-32)17-6-4-16(27)5-7-17/h4-7,12-15H,3,8-11H2,1-2H3. The monoisotopic (exact) mass is 478 g/mol. The van der Waals surface area contributed by atoms with Crippen LogP contribution in [0.25, 0.3) is 21.8 Å². The van der Waals surface area contributed by atoms with Crippen molar-refractivity contribution in [3.63, 3.8) is 0 Å². The van der Waals surface area contributed by atoms with E-state index in [1.54, 1.807) is 42.9 Å². The molecule has 0 amide bonds. The van der Waals surface area contributed by atoms with Gasteiger partial charge >= 0.3 is 5.97 Å². The first-order chi connectivity index (χ1) is 16.9. The van der Waals surface area contributed by atoms with Gasteiger partial charge in [-0.3, -0.25) is 9.78 Å². The van der Waals surface area contributed by atoms with E-state index in [0.29, 0.717) is 48.3 Å². The van der Waals surface area contributed by atoms with Crippen LogP contribution in [-0.2, 0) is 11.8 Å². The largest absolute Gasteiger partial charge is 0.462 e. The number of benzene rings is 2. The van der Waals surface area contributed by atoms with Gasteiger partial charge in [-0.25, -0.2) is 13.6 Å². The molecule has 180 valence electrons. The number of rotatable bonds is 4. The molecule has 1 aliphatic rings. The predicted molar refractivity (Wildman–Crippen MR) is 131 cm³/mol. The molecule has 1 saturated heterocycles. The van der Waals surface area contributed by atoms with Crippen molar-refractivity contribution in [2.45, 2.75) is 6.92 Å². The van der Waals surface area contributed by atoms with Gasteiger partial charge in [-0.2, -0.15) is 0 Å². The number of nitrogens with zero attached hydrogens (tertiary/aromatic N) is 4. The van der Waals surface area contributed by atoms with Crippen molar-refractivity contribution in [3.05, 3.63) is 76.2 Å². The Labute approximate surface area is 200 Å². The molecule has 2 aromatic carbocycles. The van der Waals surface area contributed by atoms with Crippen LogP contribution in [0.4, 0.5) is 20.2 Å². The molecule has 0 saturated carbocycles. The molecule has 35 heavy (non-hydrogen) atoms. The second-order valence-corrected chi connectivity index (χ2v) is 8.49. The molecule has 0 spiro atoms. The molecule has 7 nitrogen and oxygen atoms in total. The Morgan fingerprint density at radius 2 is 1.74 bits per heavy atom. The van der Waals surface area contributed by atoms with Gasteiger partial charge in [-0.1, -0.05) is 0 Å². The number of aryl methyl sites for hydroxylation is 1. The Morgan fingerprint density at radius 1 is 1.06 bits per heavy atom. The van der Waals surface area contributed by atoms with Gasteiger partial charge in [0.1, 0.15) is 17.2 Å².